The maximum Gasteiger partial charge on any atom is 0.303 e. The van der Waals surface area contributed by atoms with Crippen LogP contribution in [0.15, 0.2) is 48.0 Å². The molecule has 22 N–H and O–H groups in total. The smallest absolute Gasteiger partial charge is 0.303 e. The molecule has 0 bridgehead atoms. The van der Waals surface area contributed by atoms with Crippen LogP contribution in [0, 0.1) is 5.92 Å². The summed E-state index contributed by atoms with van der Waals surface area (Å²) in [4.78, 5) is 221. The fraction of sp³-hybridized carbons (Fsp3) is 0.550. The minimum Gasteiger partial charge on any atom is -0.481 e. The minimum absolute atomic E-state index is 0.0468. The molecule has 2 fully saturated rings. The number of hydrogen-bond donors (Lipinski definition) is 19. The Labute approximate surface area is 556 Å². The van der Waals surface area contributed by atoms with Crippen molar-refractivity contribution in [2.75, 3.05) is 26.2 Å². The number of aromatic nitrogens is 3. The number of nitrogens with zero attached hydrogens (tertiary/aromatic N) is 3. The second-order valence-electron chi connectivity index (χ2n) is 24.0. The van der Waals surface area contributed by atoms with Crippen LogP contribution in [-0.4, -0.2) is 223 Å². The van der Waals surface area contributed by atoms with Crippen LogP contribution >= 0.6 is 0 Å². The van der Waals surface area contributed by atoms with Crippen LogP contribution in [0.25, 0.3) is 10.9 Å². The first-order chi connectivity index (χ1) is 45.8. The molecule has 3 aromatic rings. The molecule has 12 atom stereocenters. The van der Waals surface area contributed by atoms with Crippen molar-refractivity contribution in [1.82, 2.24) is 83.7 Å². The topological polar surface area (TPSA) is 579 Å². The van der Waals surface area contributed by atoms with E-state index in [0.717, 1.165) is 0 Å². The van der Waals surface area contributed by atoms with Gasteiger partial charge in [-0.1, -0.05) is 32.0 Å². The Balaban J connectivity index is 1.50. The monoisotopic (exact) mass is 1360 g/mol. The number of hydrogen-bond acceptors (Lipinski definition) is 18. The highest BCUT2D eigenvalue weighted by Gasteiger charge is 2.40. The van der Waals surface area contributed by atoms with Crippen LogP contribution in [0.4, 0.5) is 0 Å². The third-order valence-electron chi connectivity index (χ3n) is 15.7. The number of carboxylic acids is 1. The average molecular weight is 1360 g/mol. The molecular weight excluding hydrogens is 1270 g/mol. The molecule has 97 heavy (non-hydrogen) atoms. The zero-order valence-electron chi connectivity index (χ0n) is 54.5. The molecule has 0 spiro atoms. The molecule has 37 heteroatoms. The van der Waals surface area contributed by atoms with Gasteiger partial charge in [0.1, 0.15) is 72.5 Å². The number of carbonyl (C=O) groups excluding carboxylic acids is 14. The summed E-state index contributed by atoms with van der Waals surface area (Å²) >= 11 is 0. The van der Waals surface area contributed by atoms with Gasteiger partial charge in [-0.3, -0.25) is 76.9 Å². The zero-order valence-corrected chi connectivity index (χ0v) is 54.5. The third kappa shape index (κ3) is 23.9. The number of aliphatic hydroxyl groups excluding tert-OH is 1. The maximum absolute atomic E-state index is 14.6. The summed E-state index contributed by atoms with van der Waals surface area (Å²) in [6, 6.07) is -11.4. The molecule has 2 aliphatic rings. The number of carboxylic acid groups (broad SMARTS) is 1. The van der Waals surface area contributed by atoms with E-state index in [2.05, 4.69) is 83.7 Å². The molecule has 37 nitrogen and oxygen atoms in total. The number of imidazole rings is 1. The average Bonchev–Trinajstić information content (AvgIpc) is 1.73. The Morgan fingerprint density at radius 2 is 1.13 bits per heavy atom. The van der Waals surface area contributed by atoms with Gasteiger partial charge in [0.15, 0.2) is 5.96 Å². The molecule has 2 aliphatic heterocycles. The van der Waals surface area contributed by atoms with Crippen molar-refractivity contribution in [3.63, 3.8) is 0 Å². The number of H-pyrrole nitrogens is 2. The fourth-order valence-corrected chi connectivity index (χ4v) is 10.5. The first kappa shape index (κ1) is 77.0. The number of benzene rings is 1. The van der Waals surface area contributed by atoms with Crippen molar-refractivity contribution in [3.8, 4) is 0 Å². The fourth-order valence-electron chi connectivity index (χ4n) is 10.5. The summed E-state index contributed by atoms with van der Waals surface area (Å²) in [6.45, 7) is 6.58. The second kappa shape index (κ2) is 36.8. The maximum atomic E-state index is 14.6. The number of aliphatic carboxylic acids is 1. The van der Waals surface area contributed by atoms with Gasteiger partial charge in [-0.2, -0.15) is 0 Å². The number of rotatable bonds is 16. The van der Waals surface area contributed by atoms with Gasteiger partial charge >= 0.3 is 5.97 Å². The Kier molecular flexibility index (Phi) is 29.2. The van der Waals surface area contributed by atoms with Crippen LogP contribution in [0.1, 0.15) is 104 Å². The van der Waals surface area contributed by atoms with E-state index in [1.807, 2.05) is 0 Å². The van der Waals surface area contributed by atoms with E-state index < -0.39 is 194 Å². The summed E-state index contributed by atoms with van der Waals surface area (Å²) in [7, 11) is 0. The molecule has 530 valence electrons. The predicted octanol–water partition coefficient (Wildman–Crippen LogP) is -6.96. The molecule has 1 aromatic carbocycles. The van der Waals surface area contributed by atoms with E-state index >= 15 is 0 Å². The van der Waals surface area contributed by atoms with Gasteiger partial charge in [0.2, 0.25) is 82.7 Å². The number of nitrogens with one attached hydrogen (secondary N) is 14. The van der Waals surface area contributed by atoms with Crippen LogP contribution in [0.2, 0.25) is 0 Å². The van der Waals surface area contributed by atoms with E-state index in [1.165, 1.54) is 45.1 Å². The molecular formula is C60H88N20O17. The van der Waals surface area contributed by atoms with Gasteiger partial charge in [-0.05, 0) is 83.8 Å². The molecule has 0 radical (unpaired) electrons. The molecule has 0 unspecified atom stereocenters. The minimum atomic E-state index is -1.91. The largest absolute Gasteiger partial charge is 0.481 e. The number of aliphatic hydroxyl groups is 1. The molecule has 0 saturated carbocycles. The molecule has 0 aliphatic carbocycles. The van der Waals surface area contributed by atoms with Gasteiger partial charge < -0.3 is 106 Å². The van der Waals surface area contributed by atoms with Crippen molar-refractivity contribution >= 4 is 106 Å². The highest BCUT2D eigenvalue weighted by atomic mass is 16.4. The highest BCUT2D eigenvalue weighted by Crippen LogP contribution is 2.21. The lowest BCUT2D eigenvalue weighted by molar-refractivity contribution is -0.142. The lowest BCUT2D eigenvalue weighted by Gasteiger charge is -2.29. The molecule has 2 saturated heterocycles. The van der Waals surface area contributed by atoms with Gasteiger partial charge in [-0.15, -0.1) is 0 Å². The number of aliphatic imine (C=N–C) groups is 1. The lowest BCUT2D eigenvalue weighted by Crippen LogP contribution is -2.60. The number of aromatic amines is 2. The van der Waals surface area contributed by atoms with Crippen molar-refractivity contribution in [1.29, 1.82) is 0 Å². The van der Waals surface area contributed by atoms with E-state index in [1.54, 1.807) is 44.3 Å². The van der Waals surface area contributed by atoms with Crippen molar-refractivity contribution in [3.05, 3.63) is 54.2 Å². The number of primary amides is 1. The number of amides is 14. The van der Waals surface area contributed by atoms with Gasteiger partial charge in [0.05, 0.1) is 25.9 Å². The SMILES string of the molecule is CC(C)C[C@@H]1NC(=O)CNC(=O)[C@H](CCCN=C(N)N)NC(=O)[C@H](Cc2c[nH]c3ccccc23)NC(=O)[C@H](CO)NC(=O)[C@H](C)NC(=O)[C@H](C)NC(=O)[C@@H]2CCCN2C(=O)[C@H](C)NC(=O)[C@H](C)NC(=O)[C@H](Cc2cnc[nH]2)NC(=O)[C@H](CC(N)=O)NC(=O)[C@H](CCC(=O)O)NC1=O. The van der Waals surface area contributed by atoms with E-state index in [4.69, 9.17) is 17.2 Å². The summed E-state index contributed by atoms with van der Waals surface area (Å²) in [6.07, 6.45) is 1.45. The Hall–Kier alpha value is -10.7. The highest BCUT2D eigenvalue weighted by molar-refractivity contribution is 6.01. The first-order valence-corrected chi connectivity index (χ1v) is 31.5. The number of guanidine groups is 1. The number of fused-ring (bicyclic) bond motifs is 2. The quantitative estimate of drug-likeness (QED) is 0.0360. The van der Waals surface area contributed by atoms with E-state index in [-0.39, 0.29) is 69.2 Å². The zero-order chi connectivity index (χ0) is 71.8. The number of carbonyl (C=O) groups is 15. The van der Waals surface area contributed by atoms with Crippen molar-refractivity contribution in [2.45, 2.75) is 178 Å². The van der Waals surface area contributed by atoms with Gasteiger partial charge in [-0.25, -0.2) is 4.98 Å². The second-order valence-corrected chi connectivity index (χ2v) is 24.0. The third-order valence-corrected chi connectivity index (χ3v) is 15.7. The first-order valence-electron chi connectivity index (χ1n) is 31.5. The summed E-state index contributed by atoms with van der Waals surface area (Å²) in [5.41, 5.74) is 18.0. The molecule has 2 aromatic heterocycles. The van der Waals surface area contributed by atoms with Crippen molar-refractivity contribution in [2.24, 2.45) is 28.1 Å². The predicted molar refractivity (Wildman–Crippen MR) is 343 cm³/mol. The Morgan fingerprint density at radius 1 is 0.608 bits per heavy atom. The number of nitrogens with two attached hydrogens (primary N) is 3. The van der Waals surface area contributed by atoms with Crippen LogP contribution in [0.3, 0.4) is 0 Å². The summed E-state index contributed by atoms with van der Waals surface area (Å²) < 4.78 is 0. The van der Waals surface area contributed by atoms with Crippen molar-refractivity contribution < 1.29 is 82.1 Å². The lowest BCUT2D eigenvalue weighted by atomic mass is 10.0. The van der Waals surface area contributed by atoms with E-state index in [0.29, 0.717) is 22.9 Å². The van der Waals surface area contributed by atoms with Crippen LogP contribution in [-0.2, 0) is 84.8 Å². The van der Waals surface area contributed by atoms with Crippen LogP contribution < -0.4 is 81.0 Å². The Bertz CT molecular complexity index is 3390. The molecule has 5 rings (SSSR count). The van der Waals surface area contributed by atoms with Gasteiger partial charge in [0, 0.05) is 61.3 Å². The number of para-hydroxylation sites is 1. The van der Waals surface area contributed by atoms with E-state index in [9.17, 15) is 82.1 Å². The van der Waals surface area contributed by atoms with Crippen LogP contribution in [0.5, 0.6) is 0 Å². The molecule has 4 heterocycles. The standard InChI is InChI=1S/C60H88N20O17/c1-28(2)19-39-54(92)75-38(15-16-47(84)85)52(90)78-42(22-45(61)82)56(94)77-41(21-34-24-64-27-68-34)53(91)70-29(3)49(87)72-32(6)59(97)80-18-10-14-44(80)58(96)71-30(4)48(86)69-31(5)50(88)79-43(26-81)57(95)76-40(20-33-23-66-36-12-8-7-11-35(33)36)55(93)74-37(13-9-17-65-60(62)63)51(89)67-25-46(83)73-39/h7-8,11-12,23-24,27-32,37-44,66,81H,9-10,13-22,25-26H2,1-6H3,(H2,61,82)(H,64,68)(H,67,89)(H,69,86)(H,70,91)(H,71,96)(H,72,87)(H,73,83)(H,74,93)(H,75,92)(H,76,95)(H,77,94)(H,78,90)(H,79,88)(H,84,85)(H4,62,63,65)/t29-,30-,31-,32-,37-,38-,39-,40-,41-,42-,43-,44-/m0/s1. The normalized spacial score (nSPS) is 25.9. The Morgan fingerprint density at radius 3 is 1.74 bits per heavy atom. The summed E-state index contributed by atoms with van der Waals surface area (Å²) in [5, 5.41) is 50.1. The summed E-state index contributed by atoms with van der Waals surface area (Å²) in [5.74, 6) is -16.0. The van der Waals surface area contributed by atoms with Gasteiger partial charge in [0.25, 0.3) is 0 Å². The molecule has 14 amide bonds.